The molecule has 1 heterocycles. The molecule has 0 atom stereocenters. The van der Waals surface area contributed by atoms with Crippen molar-refractivity contribution in [3.63, 3.8) is 0 Å². The summed E-state index contributed by atoms with van der Waals surface area (Å²) in [5.74, 6) is 0.409. The van der Waals surface area contributed by atoms with Crippen LogP contribution in [0.4, 0.5) is 18.9 Å². The van der Waals surface area contributed by atoms with Crippen LogP contribution in [0.25, 0.3) is 0 Å². The fraction of sp³-hybridized carbons (Fsp3) is 0.353. The number of aromatic nitrogens is 1. The first kappa shape index (κ1) is 20.9. The molecule has 2 rings (SSSR count). The lowest BCUT2D eigenvalue weighted by Crippen LogP contribution is -2.15. The molecule has 4 nitrogen and oxygen atoms in total. The smallest absolute Gasteiger partial charge is 0.416 e. The minimum Gasteiger partial charge on any atom is -0.476 e. The molecule has 1 N–H and O–H groups in total. The number of benzene rings is 1. The van der Waals surface area contributed by atoms with Crippen molar-refractivity contribution < 1.29 is 17.9 Å². The molecule has 0 aliphatic carbocycles. The number of pyridine rings is 1. The van der Waals surface area contributed by atoms with Crippen molar-refractivity contribution in [2.75, 3.05) is 32.0 Å². The second-order valence-electron chi connectivity index (χ2n) is 5.74. The Morgan fingerprint density at radius 1 is 1.27 bits per heavy atom. The van der Waals surface area contributed by atoms with Crippen LogP contribution in [0, 0.1) is 0 Å². The molecule has 0 aliphatic rings. The topological polar surface area (TPSA) is 37.4 Å². The first-order valence-corrected chi connectivity index (χ1v) is 9.40. The van der Waals surface area contributed by atoms with Gasteiger partial charge < -0.3 is 14.4 Å². The van der Waals surface area contributed by atoms with Crippen molar-refractivity contribution >= 4 is 33.6 Å². The Balaban J connectivity index is 2.03. The van der Waals surface area contributed by atoms with Gasteiger partial charge in [0.05, 0.1) is 12.2 Å². The molecule has 2 aromatic rings. The Hall–Kier alpha value is -1.45. The van der Waals surface area contributed by atoms with Crippen molar-refractivity contribution in [3.8, 4) is 5.88 Å². The third-order valence-electron chi connectivity index (χ3n) is 3.25. The highest BCUT2D eigenvalue weighted by Gasteiger charge is 2.30. The molecule has 0 saturated carbocycles. The van der Waals surface area contributed by atoms with Crippen molar-refractivity contribution in [3.05, 3.63) is 46.6 Å². The van der Waals surface area contributed by atoms with Crippen LogP contribution in [-0.2, 0) is 6.18 Å². The van der Waals surface area contributed by atoms with E-state index in [1.807, 2.05) is 14.1 Å². The summed E-state index contributed by atoms with van der Waals surface area (Å²) in [6.07, 6.45) is -1.92. The third-order valence-corrected chi connectivity index (χ3v) is 4.49. The zero-order valence-corrected chi connectivity index (χ0v) is 16.7. The molecule has 0 saturated heterocycles. The summed E-state index contributed by atoms with van der Waals surface area (Å²) in [4.78, 5) is 6.72. The third kappa shape index (κ3) is 6.69. The fourth-order valence-electron chi connectivity index (χ4n) is 2.01. The molecule has 26 heavy (non-hydrogen) atoms. The molecule has 0 fully saturated rings. The van der Waals surface area contributed by atoms with Gasteiger partial charge in [-0.05, 0) is 72.7 Å². The van der Waals surface area contributed by atoms with Crippen LogP contribution >= 0.6 is 27.9 Å². The van der Waals surface area contributed by atoms with Crippen LogP contribution in [-0.4, -0.2) is 37.1 Å². The van der Waals surface area contributed by atoms with Gasteiger partial charge in [0.25, 0.3) is 0 Å². The number of nitrogens with one attached hydrogen (secondary N) is 1. The molecular formula is C17H19BrF3N3OS. The van der Waals surface area contributed by atoms with Crippen molar-refractivity contribution in [1.29, 1.82) is 0 Å². The van der Waals surface area contributed by atoms with Crippen LogP contribution in [0.5, 0.6) is 5.88 Å². The minimum absolute atomic E-state index is 0.409. The van der Waals surface area contributed by atoms with Gasteiger partial charge >= 0.3 is 6.18 Å². The average molecular weight is 450 g/mol. The zero-order chi connectivity index (χ0) is 19.2. The molecule has 142 valence electrons. The van der Waals surface area contributed by atoms with Gasteiger partial charge in [-0.2, -0.15) is 13.2 Å². The molecule has 0 amide bonds. The van der Waals surface area contributed by atoms with Gasteiger partial charge in [-0.1, -0.05) is 6.07 Å². The van der Waals surface area contributed by atoms with Crippen LogP contribution in [0.15, 0.2) is 45.9 Å². The number of rotatable bonds is 8. The number of halogens is 4. The lowest BCUT2D eigenvalue weighted by atomic mass is 10.2. The summed E-state index contributed by atoms with van der Waals surface area (Å²) in [6, 6.07) is 6.90. The second-order valence-corrected chi connectivity index (χ2v) is 7.54. The maximum absolute atomic E-state index is 12.8. The highest BCUT2D eigenvalue weighted by molar-refractivity contribution is 9.10. The van der Waals surface area contributed by atoms with E-state index in [4.69, 9.17) is 4.74 Å². The van der Waals surface area contributed by atoms with E-state index in [-0.39, 0.29) is 0 Å². The Kier molecular flexibility index (Phi) is 7.60. The normalized spacial score (nSPS) is 11.7. The van der Waals surface area contributed by atoms with E-state index in [0.29, 0.717) is 23.1 Å². The van der Waals surface area contributed by atoms with Crippen LogP contribution in [0.3, 0.4) is 0 Å². The summed E-state index contributed by atoms with van der Waals surface area (Å²) in [6.45, 7) is 1.38. The standard InChI is InChI=1S/C17H19BrF3N3OS/c1-24(2)7-4-8-25-16-15(10-13(18)11-22-16)23-26-14-6-3-5-12(9-14)17(19,20)21/h3,5-6,9-11,23H,4,7-8H2,1-2H3. The Bertz CT molecular complexity index is 729. The maximum atomic E-state index is 12.8. The van der Waals surface area contributed by atoms with E-state index in [0.717, 1.165) is 41.5 Å². The fourth-order valence-corrected chi connectivity index (χ4v) is 3.05. The van der Waals surface area contributed by atoms with Crippen LogP contribution in [0.2, 0.25) is 0 Å². The Labute approximate surface area is 163 Å². The molecule has 0 radical (unpaired) electrons. The molecular weight excluding hydrogens is 431 g/mol. The van der Waals surface area contributed by atoms with Gasteiger partial charge in [-0.15, -0.1) is 0 Å². The highest BCUT2D eigenvalue weighted by atomic mass is 79.9. The van der Waals surface area contributed by atoms with E-state index >= 15 is 0 Å². The van der Waals surface area contributed by atoms with Gasteiger partial charge in [-0.25, -0.2) is 4.98 Å². The zero-order valence-electron chi connectivity index (χ0n) is 14.3. The van der Waals surface area contributed by atoms with Crippen molar-refractivity contribution in [2.24, 2.45) is 0 Å². The minimum atomic E-state index is -4.37. The molecule has 1 aromatic heterocycles. The first-order valence-electron chi connectivity index (χ1n) is 7.79. The van der Waals surface area contributed by atoms with E-state index < -0.39 is 11.7 Å². The van der Waals surface area contributed by atoms with Gasteiger partial charge in [0.1, 0.15) is 5.69 Å². The van der Waals surface area contributed by atoms with Crippen LogP contribution in [0.1, 0.15) is 12.0 Å². The number of anilines is 1. The molecule has 9 heteroatoms. The van der Waals surface area contributed by atoms with Crippen molar-refractivity contribution in [1.82, 2.24) is 9.88 Å². The SMILES string of the molecule is CN(C)CCCOc1ncc(Br)cc1NSc1cccc(C(F)(F)F)c1. The molecule has 0 bridgehead atoms. The summed E-state index contributed by atoms with van der Waals surface area (Å²) in [5.41, 5.74) is -0.0940. The van der Waals surface area contributed by atoms with E-state index in [9.17, 15) is 13.2 Å². The van der Waals surface area contributed by atoms with Gasteiger partial charge in [0.15, 0.2) is 0 Å². The number of hydrogen-bond acceptors (Lipinski definition) is 5. The number of ether oxygens (including phenoxy) is 1. The quantitative estimate of drug-likeness (QED) is 0.436. The van der Waals surface area contributed by atoms with E-state index in [2.05, 4.69) is 30.5 Å². The molecule has 0 aliphatic heterocycles. The molecule has 1 aromatic carbocycles. The number of nitrogens with zero attached hydrogens (tertiary/aromatic N) is 2. The summed E-state index contributed by atoms with van der Waals surface area (Å²) in [7, 11) is 3.97. The largest absolute Gasteiger partial charge is 0.476 e. The highest BCUT2D eigenvalue weighted by Crippen LogP contribution is 2.34. The monoisotopic (exact) mass is 449 g/mol. The summed E-state index contributed by atoms with van der Waals surface area (Å²) >= 11 is 4.41. The lowest BCUT2D eigenvalue weighted by Gasteiger charge is -2.14. The van der Waals surface area contributed by atoms with Crippen molar-refractivity contribution in [2.45, 2.75) is 17.5 Å². The van der Waals surface area contributed by atoms with E-state index in [1.165, 1.54) is 6.07 Å². The van der Waals surface area contributed by atoms with Gasteiger partial charge in [-0.3, -0.25) is 0 Å². The predicted molar refractivity (Wildman–Crippen MR) is 102 cm³/mol. The second kappa shape index (κ2) is 9.48. The number of alkyl halides is 3. The van der Waals surface area contributed by atoms with Gasteiger partial charge in [0.2, 0.25) is 5.88 Å². The summed E-state index contributed by atoms with van der Waals surface area (Å²) in [5, 5.41) is 0. The Morgan fingerprint density at radius 2 is 2.04 bits per heavy atom. The molecule has 0 unspecified atom stereocenters. The Morgan fingerprint density at radius 3 is 2.73 bits per heavy atom. The van der Waals surface area contributed by atoms with Crippen LogP contribution < -0.4 is 9.46 Å². The summed E-state index contributed by atoms with van der Waals surface area (Å²) < 4.78 is 47.9. The predicted octanol–water partition coefficient (Wildman–Crippen LogP) is 5.31. The van der Waals surface area contributed by atoms with E-state index in [1.54, 1.807) is 18.3 Å². The maximum Gasteiger partial charge on any atom is 0.416 e. The average Bonchev–Trinajstić information content (AvgIpc) is 2.57. The number of hydrogen-bond donors (Lipinski definition) is 1. The molecule has 0 spiro atoms. The lowest BCUT2D eigenvalue weighted by molar-refractivity contribution is -0.137. The first-order chi connectivity index (χ1) is 12.3. The van der Waals surface area contributed by atoms with Gasteiger partial charge in [0, 0.05) is 22.1 Å².